The van der Waals surface area contributed by atoms with E-state index in [1.54, 1.807) is 24.3 Å². The Bertz CT molecular complexity index is 2370. The van der Waals surface area contributed by atoms with Crippen molar-refractivity contribution >= 4 is 103 Å². The molecule has 0 spiro atoms. The van der Waals surface area contributed by atoms with Crippen LogP contribution in [-0.4, -0.2) is 58.8 Å². The van der Waals surface area contributed by atoms with Crippen LogP contribution in [0.4, 0.5) is 15.3 Å². The molecule has 3 aliphatic rings. The van der Waals surface area contributed by atoms with Crippen LogP contribution in [0.15, 0.2) is 112 Å². The van der Waals surface area contributed by atoms with Gasteiger partial charge in [-0.2, -0.15) is 0 Å². The molecule has 15 heteroatoms. The molecule has 2 aromatic carbocycles. The number of amides is 4. The lowest BCUT2D eigenvalue weighted by Crippen LogP contribution is -2.34. The number of carbonyl (C=O) groups excluding carboxylic acids is 4. The Morgan fingerprint density at radius 2 is 1.26 bits per heavy atom. The van der Waals surface area contributed by atoms with Crippen LogP contribution in [0, 0.1) is 0 Å². The van der Waals surface area contributed by atoms with E-state index in [0.717, 1.165) is 56.9 Å². The fourth-order valence-corrected chi connectivity index (χ4v) is 9.22. The zero-order valence-corrected chi connectivity index (χ0v) is 32.5. The Hall–Kier alpha value is -4.70. The molecule has 0 bridgehead atoms. The number of fused-ring (bicyclic) bond motifs is 2. The average Bonchev–Trinajstić information content (AvgIpc) is 3.97. The van der Waals surface area contributed by atoms with Crippen LogP contribution >= 0.6 is 47.0 Å². The molecule has 2 fully saturated rings. The van der Waals surface area contributed by atoms with Gasteiger partial charge in [-0.1, -0.05) is 30.3 Å². The summed E-state index contributed by atoms with van der Waals surface area (Å²) in [4.78, 5) is 61.1. The molecule has 11 nitrogen and oxygen atoms in total. The van der Waals surface area contributed by atoms with Crippen LogP contribution in [0.2, 0.25) is 0 Å². The number of aliphatic imine (C=N–C) groups is 1. The minimum absolute atomic E-state index is 0.155. The predicted octanol–water partition coefficient (Wildman–Crippen LogP) is 9.86. The molecule has 0 radical (unpaired) electrons. The van der Waals surface area contributed by atoms with Crippen molar-refractivity contribution in [2.24, 2.45) is 12.0 Å². The van der Waals surface area contributed by atoms with Crippen molar-refractivity contribution in [3.8, 4) is 0 Å². The molecule has 0 saturated carbocycles. The molecule has 5 aromatic rings. The highest BCUT2D eigenvalue weighted by molar-refractivity contribution is 8.18. The van der Waals surface area contributed by atoms with E-state index in [-0.39, 0.29) is 34.4 Å². The number of imidazole rings is 1. The van der Waals surface area contributed by atoms with Crippen molar-refractivity contribution in [3.63, 3.8) is 0 Å². The highest BCUT2D eigenvalue weighted by atomic mass is 32.2. The highest BCUT2D eigenvalue weighted by Gasteiger charge is 2.38. The smallest absolute Gasteiger partial charge is 0.293 e. The summed E-state index contributed by atoms with van der Waals surface area (Å²) < 4.78 is 13.6. The minimum Gasteiger partial charge on any atom is -0.450 e. The fourth-order valence-electron chi connectivity index (χ4n) is 5.63. The zero-order chi connectivity index (χ0) is 37.4. The number of rotatable bonds is 7. The second-order valence-electron chi connectivity index (χ2n) is 12.6. The number of aryl methyl sites for hydroxylation is 1. The molecule has 0 atom stereocenters. The fraction of sp³-hybridized carbons (Fsp3) is 0.211. The number of carbonyl (C=O) groups is 4. The molecule has 2 saturated heterocycles. The molecule has 53 heavy (non-hydrogen) atoms. The molecule has 0 aliphatic carbocycles. The van der Waals surface area contributed by atoms with Crippen LogP contribution in [0.3, 0.4) is 0 Å². The summed E-state index contributed by atoms with van der Waals surface area (Å²) in [6.45, 7) is 7.28. The first-order valence-electron chi connectivity index (χ1n) is 16.6. The second kappa shape index (κ2) is 15.3. The largest absolute Gasteiger partial charge is 0.450 e. The average molecular weight is 784 g/mol. The predicted molar refractivity (Wildman–Crippen MR) is 211 cm³/mol. The molecule has 0 N–H and O–H groups in total. The maximum Gasteiger partial charge on any atom is 0.293 e. The number of imide groups is 2. The topological polar surface area (TPSA) is 131 Å². The molecule has 3 aliphatic heterocycles. The molecule has 8 rings (SSSR count). The van der Waals surface area contributed by atoms with Crippen molar-refractivity contribution in [2.75, 3.05) is 0 Å². The van der Waals surface area contributed by atoms with Gasteiger partial charge in [0.1, 0.15) is 11.5 Å². The van der Waals surface area contributed by atoms with Gasteiger partial charge in [-0.05, 0) is 123 Å². The zero-order valence-electron chi connectivity index (χ0n) is 29.3. The van der Waals surface area contributed by atoms with Gasteiger partial charge in [0.05, 0.1) is 31.6 Å². The normalized spacial score (nSPS) is 17.3. The first-order chi connectivity index (χ1) is 25.4. The summed E-state index contributed by atoms with van der Waals surface area (Å²) in [7, 11) is 1.96. The molecule has 270 valence electrons. The van der Waals surface area contributed by atoms with Crippen molar-refractivity contribution < 1.29 is 28.0 Å². The van der Waals surface area contributed by atoms with Gasteiger partial charge in [-0.3, -0.25) is 29.0 Å². The quantitative estimate of drug-likeness (QED) is 0.146. The summed E-state index contributed by atoms with van der Waals surface area (Å²) in [6.07, 6.45) is 4.04. The van der Waals surface area contributed by atoms with Crippen molar-refractivity contribution in [1.29, 1.82) is 0 Å². The van der Waals surface area contributed by atoms with E-state index >= 15 is 0 Å². The summed E-state index contributed by atoms with van der Waals surface area (Å²) in [5, 5.41) is 2.69. The summed E-state index contributed by atoms with van der Waals surface area (Å²) in [6, 6.07) is 22.9. The van der Waals surface area contributed by atoms with E-state index in [2.05, 4.69) is 16.0 Å². The van der Waals surface area contributed by atoms with Gasteiger partial charge in [0, 0.05) is 37.7 Å². The van der Waals surface area contributed by atoms with E-state index in [4.69, 9.17) is 8.83 Å². The van der Waals surface area contributed by atoms with E-state index in [1.165, 1.54) is 38.9 Å². The van der Waals surface area contributed by atoms with Crippen molar-refractivity contribution in [3.05, 3.63) is 99.7 Å². The Morgan fingerprint density at radius 1 is 0.717 bits per heavy atom. The van der Waals surface area contributed by atoms with Crippen LogP contribution in [0.5, 0.6) is 0 Å². The summed E-state index contributed by atoms with van der Waals surface area (Å²) >= 11 is 4.78. The number of nitrogens with zero attached hydrogens (tertiary/aromatic N) is 5. The molecular formula is C38H33N5O6S4. The monoisotopic (exact) mass is 783 g/mol. The number of hydrogen-bond acceptors (Lipinski definition) is 12. The Labute approximate surface area is 322 Å². The SMILES string of the molecule is CC(C)N1C(=O)S/C(=C\c2ccc(SC3=Nc4ccccc4C3)o2)C1=O.CC(C)N1C(=O)S/C(=C\c2ccc(Sc3nc4ccccc4n3C)o2)C1=O. The van der Waals surface area contributed by atoms with E-state index in [1.807, 2.05) is 93.9 Å². The molecule has 3 aromatic heterocycles. The second-order valence-corrected chi connectivity index (χ2v) is 16.6. The van der Waals surface area contributed by atoms with Gasteiger partial charge in [-0.25, -0.2) is 9.98 Å². The van der Waals surface area contributed by atoms with Gasteiger partial charge in [0.2, 0.25) is 0 Å². The Kier molecular flexibility index (Phi) is 10.6. The van der Waals surface area contributed by atoms with E-state index < -0.39 is 0 Å². The van der Waals surface area contributed by atoms with Crippen molar-refractivity contribution in [2.45, 2.75) is 61.5 Å². The van der Waals surface area contributed by atoms with E-state index in [9.17, 15) is 19.2 Å². The summed E-state index contributed by atoms with van der Waals surface area (Å²) in [5.74, 6) is 0.542. The van der Waals surface area contributed by atoms with E-state index in [0.29, 0.717) is 31.5 Å². The number of benzene rings is 2. The maximum atomic E-state index is 12.4. The number of thioether (sulfide) groups is 3. The maximum absolute atomic E-state index is 12.4. The molecule has 6 heterocycles. The van der Waals surface area contributed by atoms with Crippen LogP contribution in [-0.2, 0) is 23.1 Å². The number of furan rings is 2. The van der Waals surface area contributed by atoms with Gasteiger partial charge >= 0.3 is 0 Å². The number of hydrogen-bond donors (Lipinski definition) is 0. The van der Waals surface area contributed by atoms with Crippen molar-refractivity contribution in [1.82, 2.24) is 19.4 Å². The Morgan fingerprint density at radius 3 is 1.81 bits per heavy atom. The van der Waals surface area contributed by atoms with Crippen LogP contribution in [0.1, 0.15) is 44.8 Å². The third-order valence-electron chi connectivity index (χ3n) is 8.17. The lowest BCUT2D eigenvalue weighted by molar-refractivity contribution is -0.124. The molecule has 0 unspecified atom stereocenters. The lowest BCUT2D eigenvalue weighted by Gasteiger charge is -2.16. The third-order valence-corrected chi connectivity index (χ3v) is 11.8. The van der Waals surface area contributed by atoms with Crippen LogP contribution < -0.4 is 0 Å². The summed E-state index contributed by atoms with van der Waals surface area (Å²) in [5.41, 5.74) is 4.19. The number of para-hydroxylation sites is 3. The van der Waals surface area contributed by atoms with Gasteiger partial charge in [-0.15, -0.1) is 0 Å². The first-order valence-corrected chi connectivity index (χ1v) is 19.9. The number of aromatic nitrogens is 2. The lowest BCUT2D eigenvalue weighted by atomic mass is 10.2. The standard InChI is InChI=1S/C19H17N3O3S2.C19H16N2O3S2/c1-11(2)22-17(23)15(26-19(22)24)10-12-8-9-16(25-12)27-18-20-13-6-4-5-7-14(13)21(18)3;1-11(2)21-18(22)15(25-19(21)23)10-13-7-8-17(24-13)26-16-9-12-5-3-4-6-14(12)20-16/h4-11H,1-3H3;3-8,10-11H,9H2,1-2H3/b2*15-10-. The third kappa shape index (κ3) is 7.84. The Balaban J connectivity index is 0.000000164. The molecular weight excluding hydrogens is 751 g/mol. The molecule has 4 amide bonds. The minimum atomic E-state index is -0.277. The first kappa shape index (κ1) is 36.6. The highest BCUT2D eigenvalue weighted by Crippen LogP contribution is 2.38. The van der Waals surface area contributed by atoms with Gasteiger partial charge in [0.25, 0.3) is 22.3 Å². The van der Waals surface area contributed by atoms with Crippen LogP contribution in [0.25, 0.3) is 23.2 Å². The van der Waals surface area contributed by atoms with Gasteiger partial charge in [0.15, 0.2) is 15.3 Å². The van der Waals surface area contributed by atoms with Gasteiger partial charge < -0.3 is 13.4 Å².